The number of fused-ring (bicyclic) bond motifs is 1. The van der Waals surface area contributed by atoms with Crippen molar-refractivity contribution < 1.29 is 9.21 Å². The van der Waals surface area contributed by atoms with Crippen molar-refractivity contribution >= 4 is 6.03 Å². The van der Waals surface area contributed by atoms with Gasteiger partial charge in [0, 0.05) is 12.6 Å². The monoisotopic (exact) mass is 302 g/mol. The molecular formula is C18H26N2O2. The molecule has 2 saturated heterocycles. The SMILES string of the molecule is Cc1ccc(C(C)NC(=O)N2CC3CC4CC(C3)CC2C4)o1. The van der Waals surface area contributed by atoms with Gasteiger partial charge in [-0.15, -0.1) is 0 Å². The van der Waals surface area contributed by atoms with Crippen molar-refractivity contribution in [3.8, 4) is 0 Å². The fraction of sp³-hybridized carbons (Fsp3) is 0.722. The number of rotatable bonds is 2. The molecule has 5 rings (SSSR count). The van der Waals surface area contributed by atoms with Gasteiger partial charge in [0.1, 0.15) is 11.5 Å². The Morgan fingerprint density at radius 3 is 2.50 bits per heavy atom. The molecule has 4 aliphatic rings. The second-order valence-electron chi connectivity index (χ2n) is 7.70. The van der Waals surface area contributed by atoms with Crippen LogP contribution >= 0.6 is 0 Å². The zero-order chi connectivity index (χ0) is 15.3. The van der Waals surface area contributed by atoms with Crippen molar-refractivity contribution in [2.75, 3.05) is 6.54 Å². The van der Waals surface area contributed by atoms with E-state index in [1.807, 2.05) is 26.0 Å². The van der Waals surface area contributed by atoms with Crippen molar-refractivity contribution in [2.24, 2.45) is 17.8 Å². The Balaban J connectivity index is 1.46. The zero-order valence-electron chi connectivity index (χ0n) is 13.5. The number of aryl methyl sites for hydroxylation is 1. The van der Waals surface area contributed by atoms with E-state index in [9.17, 15) is 4.79 Å². The molecule has 2 saturated carbocycles. The predicted octanol–water partition coefficient (Wildman–Crippen LogP) is 3.87. The minimum Gasteiger partial charge on any atom is -0.464 e. The summed E-state index contributed by atoms with van der Waals surface area (Å²) in [5.74, 6) is 4.19. The molecule has 0 spiro atoms. The molecule has 4 heteroatoms. The van der Waals surface area contributed by atoms with Gasteiger partial charge in [0.15, 0.2) is 0 Å². The molecule has 4 nitrogen and oxygen atoms in total. The molecule has 4 bridgehead atoms. The van der Waals surface area contributed by atoms with Crippen LogP contribution in [-0.2, 0) is 0 Å². The topological polar surface area (TPSA) is 45.5 Å². The van der Waals surface area contributed by atoms with Gasteiger partial charge in [-0.3, -0.25) is 0 Å². The lowest BCUT2D eigenvalue weighted by atomic mass is 9.68. The summed E-state index contributed by atoms with van der Waals surface area (Å²) in [5.41, 5.74) is 0. The van der Waals surface area contributed by atoms with Crippen LogP contribution in [0.1, 0.15) is 56.6 Å². The van der Waals surface area contributed by atoms with Crippen LogP contribution in [0.25, 0.3) is 0 Å². The first-order valence-electron chi connectivity index (χ1n) is 8.72. The second kappa shape index (κ2) is 5.32. The van der Waals surface area contributed by atoms with Gasteiger partial charge in [-0.05, 0) is 75.8 Å². The van der Waals surface area contributed by atoms with Crippen molar-refractivity contribution in [2.45, 2.75) is 58.0 Å². The van der Waals surface area contributed by atoms with Gasteiger partial charge in [0.25, 0.3) is 0 Å². The summed E-state index contributed by atoms with van der Waals surface area (Å²) in [7, 11) is 0. The van der Waals surface area contributed by atoms with Crippen molar-refractivity contribution in [1.82, 2.24) is 10.2 Å². The van der Waals surface area contributed by atoms with Crippen LogP contribution in [0.2, 0.25) is 0 Å². The first kappa shape index (κ1) is 14.2. The Morgan fingerprint density at radius 2 is 1.86 bits per heavy atom. The van der Waals surface area contributed by atoms with Crippen molar-refractivity contribution in [1.29, 1.82) is 0 Å². The predicted molar refractivity (Wildman–Crippen MR) is 84.4 cm³/mol. The van der Waals surface area contributed by atoms with Gasteiger partial charge in [-0.25, -0.2) is 4.79 Å². The molecule has 3 unspecified atom stereocenters. The molecule has 4 fully saturated rings. The van der Waals surface area contributed by atoms with Gasteiger partial charge in [-0.2, -0.15) is 0 Å². The third-order valence-electron chi connectivity index (χ3n) is 5.90. The first-order valence-corrected chi connectivity index (χ1v) is 8.72. The van der Waals surface area contributed by atoms with Crippen LogP contribution < -0.4 is 5.32 Å². The Bertz CT molecular complexity index is 553. The highest BCUT2D eigenvalue weighted by molar-refractivity contribution is 5.75. The van der Waals surface area contributed by atoms with Crippen LogP contribution in [0, 0.1) is 24.7 Å². The smallest absolute Gasteiger partial charge is 0.318 e. The molecular weight excluding hydrogens is 276 g/mol. The summed E-state index contributed by atoms with van der Waals surface area (Å²) in [5, 5.41) is 3.14. The van der Waals surface area contributed by atoms with Crippen LogP contribution in [0.4, 0.5) is 4.79 Å². The van der Waals surface area contributed by atoms with E-state index in [4.69, 9.17) is 4.42 Å². The van der Waals surface area contributed by atoms with Crippen LogP contribution in [-0.4, -0.2) is 23.5 Å². The van der Waals surface area contributed by atoms with E-state index < -0.39 is 0 Å². The van der Waals surface area contributed by atoms with E-state index in [-0.39, 0.29) is 12.1 Å². The lowest BCUT2D eigenvalue weighted by Gasteiger charge is -2.39. The lowest BCUT2D eigenvalue weighted by Crippen LogP contribution is -2.47. The number of hydrogen-bond donors (Lipinski definition) is 1. The summed E-state index contributed by atoms with van der Waals surface area (Å²) in [4.78, 5) is 14.9. The second-order valence-corrected chi connectivity index (χ2v) is 7.70. The van der Waals surface area contributed by atoms with E-state index in [2.05, 4.69) is 10.2 Å². The highest BCUT2D eigenvalue weighted by Crippen LogP contribution is 2.47. The normalized spacial score (nSPS) is 34.5. The minimum atomic E-state index is -0.0705. The maximum atomic E-state index is 12.8. The number of nitrogens with zero attached hydrogens (tertiary/aromatic N) is 1. The zero-order valence-corrected chi connectivity index (χ0v) is 13.5. The highest BCUT2D eigenvalue weighted by Gasteiger charge is 2.44. The number of nitrogens with one attached hydrogen (secondary N) is 1. The fourth-order valence-electron chi connectivity index (χ4n) is 5.06. The quantitative estimate of drug-likeness (QED) is 0.901. The Labute approximate surface area is 132 Å². The Hall–Kier alpha value is -1.45. The largest absolute Gasteiger partial charge is 0.464 e. The number of furan rings is 1. The summed E-state index contributed by atoms with van der Waals surface area (Å²) >= 11 is 0. The number of amides is 2. The van der Waals surface area contributed by atoms with E-state index in [0.717, 1.165) is 35.8 Å². The maximum absolute atomic E-state index is 12.8. The number of urea groups is 1. The standard InChI is InChI=1S/C18H26N2O2/c1-11-3-4-17(22-11)12(2)19-18(21)20-10-15-6-13-5-14(7-15)9-16(20)8-13/h3-4,12-16H,5-10H2,1-2H3,(H,19,21). The van der Waals surface area contributed by atoms with Crippen molar-refractivity contribution in [3.05, 3.63) is 23.7 Å². The summed E-state index contributed by atoms with van der Waals surface area (Å²) in [6.45, 7) is 4.88. The molecule has 120 valence electrons. The van der Waals surface area contributed by atoms with Crippen molar-refractivity contribution in [3.63, 3.8) is 0 Å². The summed E-state index contributed by atoms with van der Waals surface area (Å²) < 4.78 is 5.64. The molecule has 1 aromatic heterocycles. The Kier molecular flexibility index (Phi) is 3.43. The lowest BCUT2D eigenvalue weighted by molar-refractivity contribution is 0.130. The number of carbonyl (C=O) groups excluding carboxylic acids is 1. The average molecular weight is 302 g/mol. The van der Waals surface area contributed by atoms with E-state index in [1.165, 1.54) is 32.1 Å². The van der Waals surface area contributed by atoms with Crippen LogP contribution in [0.3, 0.4) is 0 Å². The van der Waals surface area contributed by atoms with Gasteiger partial charge in [0.2, 0.25) is 0 Å². The molecule has 3 atom stereocenters. The van der Waals surface area contributed by atoms with E-state index in [1.54, 1.807) is 0 Å². The fourth-order valence-corrected chi connectivity index (χ4v) is 5.06. The van der Waals surface area contributed by atoms with Crippen LogP contribution in [0.5, 0.6) is 0 Å². The third-order valence-corrected chi connectivity index (χ3v) is 5.90. The molecule has 1 aromatic rings. The molecule has 0 radical (unpaired) electrons. The number of hydrogen-bond acceptors (Lipinski definition) is 2. The van der Waals surface area contributed by atoms with E-state index >= 15 is 0 Å². The first-order chi connectivity index (χ1) is 10.6. The van der Waals surface area contributed by atoms with Gasteiger partial charge in [-0.1, -0.05) is 0 Å². The molecule has 1 N–H and O–H groups in total. The van der Waals surface area contributed by atoms with E-state index in [0.29, 0.717) is 6.04 Å². The van der Waals surface area contributed by atoms with Gasteiger partial charge >= 0.3 is 6.03 Å². The molecule has 2 aliphatic heterocycles. The average Bonchev–Trinajstić information content (AvgIpc) is 2.80. The van der Waals surface area contributed by atoms with Gasteiger partial charge in [0.05, 0.1) is 6.04 Å². The number of carbonyl (C=O) groups is 1. The maximum Gasteiger partial charge on any atom is 0.318 e. The van der Waals surface area contributed by atoms with Gasteiger partial charge < -0.3 is 14.6 Å². The molecule has 2 amide bonds. The summed E-state index contributed by atoms with van der Waals surface area (Å²) in [6.07, 6.45) is 6.52. The third kappa shape index (κ3) is 2.53. The highest BCUT2D eigenvalue weighted by atomic mass is 16.3. The molecule has 22 heavy (non-hydrogen) atoms. The molecule has 2 aliphatic carbocycles. The minimum absolute atomic E-state index is 0.0705. The van der Waals surface area contributed by atoms with Crippen LogP contribution in [0.15, 0.2) is 16.5 Å². The molecule has 0 aromatic carbocycles. The molecule has 3 heterocycles. The Morgan fingerprint density at radius 1 is 1.18 bits per heavy atom. The summed E-state index contributed by atoms with van der Waals surface area (Å²) in [6, 6.07) is 4.39.